The van der Waals surface area contributed by atoms with Crippen LogP contribution in [0, 0.1) is 0 Å². The number of rotatable bonds is 0. The zero-order chi connectivity index (χ0) is 4.24. The molecule has 0 aliphatic heterocycles. The van der Waals surface area contributed by atoms with Gasteiger partial charge in [-0.1, -0.05) is 0 Å². The van der Waals surface area contributed by atoms with Crippen molar-refractivity contribution in [2.24, 2.45) is 0 Å². The van der Waals surface area contributed by atoms with Crippen molar-refractivity contribution in [1.82, 2.24) is 15.4 Å². The van der Waals surface area contributed by atoms with Gasteiger partial charge >= 0.3 is 0 Å². The molecule has 1 aromatic heterocycles. The van der Waals surface area contributed by atoms with Crippen molar-refractivity contribution in [3.63, 3.8) is 0 Å². The molecule has 0 fully saturated rings. The van der Waals surface area contributed by atoms with Crippen LogP contribution in [0.3, 0.4) is 0 Å². The molecule has 35 valence electrons. The fraction of sp³-hybridized carbons (Fsp3) is 0. The first kappa shape index (κ1) is 6.57. The Morgan fingerprint density at radius 3 is 1.71 bits per heavy atom. The minimum atomic E-state index is 0. The van der Waals surface area contributed by atoms with Crippen LogP contribution in [-0.4, -0.2) is 33.4 Å². The van der Waals surface area contributed by atoms with Crippen molar-refractivity contribution in [1.29, 1.82) is 0 Å². The number of nitrogens with zero attached hydrogens (tertiary/aromatic N) is 3. The van der Waals surface area contributed by atoms with E-state index in [1.165, 1.54) is 0 Å². The molecule has 0 saturated carbocycles. The Balaban J connectivity index is 0.000000360. The van der Waals surface area contributed by atoms with Crippen LogP contribution in [0.15, 0.2) is 18.5 Å². The van der Waals surface area contributed by atoms with Crippen LogP contribution in [-0.2, 0) is 0 Å². The summed E-state index contributed by atoms with van der Waals surface area (Å²) >= 11 is 0. The van der Waals surface area contributed by atoms with Crippen LogP contribution in [0.5, 0.6) is 0 Å². The predicted octanol–water partition coefficient (Wildman–Crippen LogP) is -0.509. The Kier molecular flexibility index (Phi) is 3.52. The van der Waals surface area contributed by atoms with Crippen molar-refractivity contribution in [2.75, 3.05) is 0 Å². The van der Waals surface area contributed by atoms with E-state index in [2.05, 4.69) is 15.4 Å². The van der Waals surface area contributed by atoms with E-state index in [4.69, 9.17) is 0 Å². The van der Waals surface area contributed by atoms with E-state index >= 15 is 0 Å². The zero-order valence-electron chi connectivity index (χ0n) is 3.52. The molecule has 0 amide bonds. The van der Waals surface area contributed by atoms with Gasteiger partial charge in [0.2, 0.25) is 0 Å². The second-order valence-electron chi connectivity index (χ2n) is 0.811. The Morgan fingerprint density at radius 1 is 1.00 bits per heavy atom. The van der Waals surface area contributed by atoms with Crippen LogP contribution in [0.25, 0.3) is 0 Å². The minimum absolute atomic E-state index is 0. The smallest absolute Gasteiger partial charge is 0.0529 e. The number of hydrogen-bond acceptors (Lipinski definition) is 3. The second-order valence-corrected chi connectivity index (χ2v) is 0.811. The van der Waals surface area contributed by atoms with Gasteiger partial charge in [-0.25, -0.2) is 0 Å². The van der Waals surface area contributed by atoms with E-state index in [1.54, 1.807) is 18.5 Å². The van der Waals surface area contributed by atoms with E-state index in [0.29, 0.717) is 0 Å². The SMILES string of the molecule is [As].c1cnnnc1. The third kappa shape index (κ3) is 2.29. The van der Waals surface area contributed by atoms with Crippen LogP contribution in [0.2, 0.25) is 0 Å². The molecule has 1 rings (SSSR count). The van der Waals surface area contributed by atoms with Gasteiger partial charge in [0.05, 0.1) is 12.4 Å². The summed E-state index contributed by atoms with van der Waals surface area (Å²) in [5.74, 6) is 0. The zero-order valence-corrected chi connectivity index (χ0v) is 5.40. The molecule has 0 aliphatic rings. The fourth-order valence-corrected chi connectivity index (χ4v) is 0.205. The number of aromatic nitrogens is 3. The standard InChI is InChI=1S/C3H3N3.As/c1-2-4-6-5-3-1;/h1-3H;. The Labute approximate surface area is 52.5 Å². The van der Waals surface area contributed by atoms with Crippen LogP contribution in [0.1, 0.15) is 0 Å². The molecule has 0 aromatic carbocycles. The maximum Gasteiger partial charge on any atom is 0.0529 e. The predicted molar refractivity (Wildman–Crippen MR) is 25.6 cm³/mol. The molecular weight excluding hydrogens is 153 g/mol. The van der Waals surface area contributed by atoms with Crippen LogP contribution >= 0.6 is 0 Å². The van der Waals surface area contributed by atoms with Gasteiger partial charge in [-0.15, -0.1) is 10.2 Å². The molecule has 0 aliphatic carbocycles. The van der Waals surface area contributed by atoms with Crippen molar-refractivity contribution < 1.29 is 0 Å². The van der Waals surface area contributed by atoms with Crippen molar-refractivity contribution >= 4 is 18.0 Å². The van der Waals surface area contributed by atoms with Gasteiger partial charge in [0.15, 0.2) is 0 Å². The maximum absolute atomic E-state index is 3.42. The summed E-state index contributed by atoms with van der Waals surface area (Å²) in [4.78, 5) is 0. The van der Waals surface area contributed by atoms with Gasteiger partial charge in [-0.3, -0.25) is 0 Å². The molecule has 3 nitrogen and oxygen atoms in total. The molecule has 4 heteroatoms. The van der Waals surface area contributed by atoms with E-state index < -0.39 is 0 Å². The van der Waals surface area contributed by atoms with Crippen molar-refractivity contribution in [3.05, 3.63) is 18.5 Å². The average molecular weight is 156 g/mol. The van der Waals surface area contributed by atoms with E-state index in [9.17, 15) is 0 Å². The third-order valence-electron chi connectivity index (χ3n) is 0.409. The van der Waals surface area contributed by atoms with Gasteiger partial charge in [0.25, 0.3) is 0 Å². The molecule has 0 atom stereocenters. The first-order valence-electron chi connectivity index (χ1n) is 1.58. The molecule has 1 aromatic rings. The Morgan fingerprint density at radius 2 is 1.57 bits per heavy atom. The molecule has 0 spiro atoms. The fourth-order valence-electron chi connectivity index (χ4n) is 0.205. The molecular formula is C3H3AsN3. The average Bonchev–Trinajstić information content (AvgIpc) is 1.72. The summed E-state index contributed by atoms with van der Waals surface area (Å²) in [7, 11) is 0. The van der Waals surface area contributed by atoms with Crippen molar-refractivity contribution in [3.8, 4) is 0 Å². The molecule has 3 radical (unpaired) electrons. The normalized spacial score (nSPS) is 6.86. The van der Waals surface area contributed by atoms with Gasteiger partial charge in [0.1, 0.15) is 0 Å². The van der Waals surface area contributed by atoms with Gasteiger partial charge in [0, 0.05) is 18.0 Å². The molecule has 7 heavy (non-hydrogen) atoms. The van der Waals surface area contributed by atoms with Gasteiger partial charge in [-0.05, 0) is 11.3 Å². The quantitative estimate of drug-likeness (QED) is 0.475. The summed E-state index contributed by atoms with van der Waals surface area (Å²) < 4.78 is 0. The van der Waals surface area contributed by atoms with Gasteiger partial charge in [-0.2, -0.15) is 0 Å². The molecule has 1 heterocycles. The summed E-state index contributed by atoms with van der Waals surface area (Å²) in [6, 6.07) is 1.72. The van der Waals surface area contributed by atoms with Crippen LogP contribution < -0.4 is 0 Å². The molecule has 0 bridgehead atoms. The first-order valence-corrected chi connectivity index (χ1v) is 1.58. The summed E-state index contributed by atoms with van der Waals surface area (Å²) in [6.07, 6.45) is 3.15. The summed E-state index contributed by atoms with van der Waals surface area (Å²) in [5, 5.41) is 10.1. The van der Waals surface area contributed by atoms with E-state index in [-0.39, 0.29) is 18.0 Å². The largest absolute Gasteiger partial charge is 0.139 e. The first-order chi connectivity index (χ1) is 3.00. The summed E-state index contributed by atoms with van der Waals surface area (Å²) in [5.41, 5.74) is 0. The van der Waals surface area contributed by atoms with E-state index in [0.717, 1.165) is 0 Å². The topological polar surface area (TPSA) is 38.7 Å². The second kappa shape index (κ2) is 3.75. The van der Waals surface area contributed by atoms with E-state index in [1.807, 2.05) is 0 Å². The van der Waals surface area contributed by atoms with Gasteiger partial charge < -0.3 is 0 Å². The molecule has 0 saturated heterocycles. The number of hydrogen-bond donors (Lipinski definition) is 0. The molecule has 0 unspecified atom stereocenters. The minimum Gasteiger partial charge on any atom is -0.139 e. The summed E-state index contributed by atoms with van der Waals surface area (Å²) in [6.45, 7) is 0. The Hall–Kier alpha value is -0.432. The third-order valence-corrected chi connectivity index (χ3v) is 0.409. The maximum atomic E-state index is 3.42. The Bertz CT molecular complexity index is 82.1. The molecule has 0 N–H and O–H groups in total. The monoisotopic (exact) mass is 156 g/mol. The van der Waals surface area contributed by atoms with Crippen molar-refractivity contribution in [2.45, 2.75) is 0 Å². The van der Waals surface area contributed by atoms with Crippen LogP contribution in [0.4, 0.5) is 0 Å².